The fourth-order valence-electron chi connectivity index (χ4n) is 1.75. The maximum atomic E-state index is 5.18. The van der Waals surface area contributed by atoms with Crippen LogP contribution in [0.5, 0.6) is 5.75 Å². The van der Waals surface area contributed by atoms with Crippen LogP contribution in [0.25, 0.3) is 0 Å². The van der Waals surface area contributed by atoms with Crippen molar-refractivity contribution in [2.45, 2.75) is 25.8 Å². The van der Waals surface area contributed by atoms with E-state index in [9.17, 15) is 0 Å². The molecule has 0 saturated carbocycles. The molecule has 0 bridgehead atoms. The molecule has 1 aromatic carbocycles. The lowest BCUT2D eigenvalue weighted by Crippen LogP contribution is -2.21. The monoisotopic (exact) mass is 177 g/mol. The molecule has 0 saturated heterocycles. The fourth-order valence-corrected chi connectivity index (χ4v) is 1.75. The minimum Gasteiger partial charge on any atom is -0.497 e. The zero-order chi connectivity index (χ0) is 9.26. The van der Waals surface area contributed by atoms with E-state index in [0.717, 1.165) is 12.2 Å². The summed E-state index contributed by atoms with van der Waals surface area (Å²) >= 11 is 0. The molecule has 0 aliphatic carbocycles. The first-order valence-electron chi connectivity index (χ1n) is 4.73. The molecule has 1 aliphatic heterocycles. The van der Waals surface area contributed by atoms with Gasteiger partial charge in [0.2, 0.25) is 0 Å². The lowest BCUT2D eigenvalue weighted by atomic mass is 9.99. The maximum absolute atomic E-state index is 5.18. The standard InChI is InChI=1S/C11H15NO/c1-8-3-4-9-7-10(13-2)5-6-11(9)12-8/h5-8,12H,3-4H2,1-2H3. The van der Waals surface area contributed by atoms with E-state index in [4.69, 9.17) is 4.74 Å². The van der Waals surface area contributed by atoms with Crippen LogP contribution in [0.1, 0.15) is 18.9 Å². The summed E-state index contributed by atoms with van der Waals surface area (Å²) in [7, 11) is 1.71. The average molecular weight is 177 g/mol. The van der Waals surface area contributed by atoms with Gasteiger partial charge in [-0.1, -0.05) is 0 Å². The number of hydrogen-bond acceptors (Lipinski definition) is 2. The van der Waals surface area contributed by atoms with E-state index in [2.05, 4.69) is 24.4 Å². The average Bonchev–Trinajstić information content (AvgIpc) is 2.17. The molecule has 1 unspecified atom stereocenters. The third kappa shape index (κ3) is 1.62. The van der Waals surface area contributed by atoms with Crippen LogP contribution in [0.2, 0.25) is 0 Å². The number of nitrogens with one attached hydrogen (secondary N) is 1. The Hall–Kier alpha value is -1.18. The van der Waals surface area contributed by atoms with Crippen molar-refractivity contribution >= 4 is 5.69 Å². The second kappa shape index (κ2) is 3.29. The maximum Gasteiger partial charge on any atom is 0.119 e. The molecule has 1 aromatic rings. The van der Waals surface area contributed by atoms with E-state index in [-0.39, 0.29) is 0 Å². The van der Waals surface area contributed by atoms with Crippen molar-refractivity contribution in [3.8, 4) is 5.75 Å². The quantitative estimate of drug-likeness (QED) is 0.711. The summed E-state index contributed by atoms with van der Waals surface area (Å²) in [6.07, 6.45) is 2.36. The molecule has 13 heavy (non-hydrogen) atoms. The van der Waals surface area contributed by atoms with Crippen LogP contribution in [-0.4, -0.2) is 13.2 Å². The molecular formula is C11H15NO. The Labute approximate surface area is 78.9 Å². The Kier molecular flexibility index (Phi) is 2.13. The molecular weight excluding hydrogens is 162 g/mol. The number of rotatable bonds is 1. The lowest BCUT2D eigenvalue weighted by molar-refractivity contribution is 0.414. The van der Waals surface area contributed by atoms with Gasteiger partial charge in [0.1, 0.15) is 5.75 Å². The predicted molar refractivity (Wildman–Crippen MR) is 54.4 cm³/mol. The zero-order valence-corrected chi connectivity index (χ0v) is 8.13. The molecule has 1 heterocycles. The Bertz CT molecular complexity index is 309. The van der Waals surface area contributed by atoms with E-state index >= 15 is 0 Å². The van der Waals surface area contributed by atoms with Crippen LogP contribution in [-0.2, 0) is 6.42 Å². The molecule has 0 aromatic heterocycles. The van der Waals surface area contributed by atoms with E-state index in [1.54, 1.807) is 7.11 Å². The molecule has 1 N–H and O–H groups in total. The van der Waals surface area contributed by atoms with Gasteiger partial charge in [-0.3, -0.25) is 0 Å². The Morgan fingerprint density at radius 1 is 1.46 bits per heavy atom. The first kappa shape index (κ1) is 8.42. The van der Waals surface area contributed by atoms with Gasteiger partial charge >= 0.3 is 0 Å². The third-order valence-corrected chi connectivity index (χ3v) is 2.56. The SMILES string of the molecule is COc1ccc2c(c1)CCC(C)N2. The van der Waals surface area contributed by atoms with Crippen molar-refractivity contribution in [3.63, 3.8) is 0 Å². The van der Waals surface area contributed by atoms with Gasteiger partial charge in [0.25, 0.3) is 0 Å². The predicted octanol–water partition coefficient (Wildman–Crippen LogP) is 2.44. The molecule has 0 amide bonds. The Morgan fingerprint density at radius 3 is 3.08 bits per heavy atom. The van der Waals surface area contributed by atoms with Gasteiger partial charge in [-0.05, 0) is 43.5 Å². The summed E-state index contributed by atoms with van der Waals surface area (Å²) in [5, 5.41) is 3.46. The van der Waals surface area contributed by atoms with Crippen molar-refractivity contribution in [3.05, 3.63) is 23.8 Å². The summed E-state index contributed by atoms with van der Waals surface area (Å²) in [5.41, 5.74) is 2.64. The van der Waals surface area contributed by atoms with Crippen molar-refractivity contribution < 1.29 is 4.74 Å². The first-order chi connectivity index (χ1) is 6.29. The van der Waals surface area contributed by atoms with Gasteiger partial charge in [0.05, 0.1) is 7.11 Å². The van der Waals surface area contributed by atoms with Crippen molar-refractivity contribution in [1.29, 1.82) is 0 Å². The minimum atomic E-state index is 0.598. The summed E-state index contributed by atoms with van der Waals surface area (Å²) in [6, 6.07) is 6.82. The largest absolute Gasteiger partial charge is 0.497 e. The van der Waals surface area contributed by atoms with Crippen molar-refractivity contribution in [2.24, 2.45) is 0 Å². The van der Waals surface area contributed by atoms with Crippen LogP contribution < -0.4 is 10.1 Å². The highest BCUT2D eigenvalue weighted by Gasteiger charge is 2.13. The molecule has 0 spiro atoms. The normalized spacial score (nSPS) is 20.3. The number of methoxy groups -OCH3 is 1. The van der Waals surface area contributed by atoms with Crippen LogP contribution in [0, 0.1) is 0 Å². The number of aryl methyl sites for hydroxylation is 1. The van der Waals surface area contributed by atoms with Crippen LogP contribution in [0.3, 0.4) is 0 Å². The van der Waals surface area contributed by atoms with Gasteiger partial charge < -0.3 is 10.1 Å². The molecule has 0 fully saturated rings. The Morgan fingerprint density at radius 2 is 2.31 bits per heavy atom. The molecule has 1 atom stereocenters. The lowest BCUT2D eigenvalue weighted by Gasteiger charge is -2.24. The molecule has 2 rings (SSSR count). The van der Waals surface area contributed by atoms with Crippen molar-refractivity contribution in [2.75, 3.05) is 12.4 Å². The highest BCUT2D eigenvalue weighted by atomic mass is 16.5. The molecule has 70 valence electrons. The van der Waals surface area contributed by atoms with E-state index in [0.29, 0.717) is 6.04 Å². The van der Waals surface area contributed by atoms with Gasteiger partial charge in [-0.25, -0.2) is 0 Å². The summed E-state index contributed by atoms with van der Waals surface area (Å²) in [5.74, 6) is 0.954. The number of benzene rings is 1. The van der Waals surface area contributed by atoms with E-state index in [1.165, 1.54) is 17.7 Å². The van der Waals surface area contributed by atoms with Gasteiger partial charge in [0, 0.05) is 11.7 Å². The number of fused-ring (bicyclic) bond motifs is 1. The van der Waals surface area contributed by atoms with E-state index < -0.39 is 0 Å². The summed E-state index contributed by atoms with van der Waals surface area (Å²) < 4.78 is 5.18. The van der Waals surface area contributed by atoms with Crippen LogP contribution in [0.4, 0.5) is 5.69 Å². The molecule has 2 heteroatoms. The van der Waals surface area contributed by atoms with Gasteiger partial charge in [-0.2, -0.15) is 0 Å². The Balaban J connectivity index is 2.31. The highest BCUT2D eigenvalue weighted by Crippen LogP contribution is 2.28. The minimum absolute atomic E-state index is 0.598. The van der Waals surface area contributed by atoms with E-state index in [1.807, 2.05) is 6.07 Å². The zero-order valence-electron chi connectivity index (χ0n) is 8.13. The van der Waals surface area contributed by atoms with Gasteiger partial charge in [-0.15, -0.1) is 0 Å². The smallest absolute Gasteiger partial charge is 0.119 e. The number of anilines is 1. The third-order valence-electron chi connectivity index (χ3n) is 2.56. The molecule has 2 nitrogen and oxygen atoms in total. The second-order valence-electron chi connectivity index (χ2n) is 3.61. The van der Waals surface area contributed by atoms with Crippen LogP contribution in [0.15, 0.2) is 18.2 Å². The first-order valence-corrected chi connectivity index (χ1v) is 4.73. The highest BCUT2D eigenvalue weighted by molar-refractivity contribution is 5.56. The summed E-state index contributed by atoms with van der Waals surface area (Å²) in [6.45, 7) is 2.22. The molecule has 1 aliphatic rings. The number of hydrogen-bond donors (Lipinski definition) is 1. The van der Waals surface area contributed by atoms with Crippen molar-refractivity contribution in [1.82, 2.24) is 0 Å². The van der Waals surface area contributed by atoms with Gasteiger partial charge in [0.15, 0.2) is 0 Å². The second-order valence-corrected chi connectivity index (χ2v) is 3.61. The number of ether oxygens (including phenoxy) is 1. The summed E-state index contributed by atoms with van der Waals surface area (Å²) in [4.78, 5) is 0. The van der Waals surface area contributed by atoms with Crippen LogP contribution >= 0.6 is 0 Å². The molecule has 0 radical (unpaired) electrons. The fraction of sp³-hybridized carbons (Fsp3) is 0.455. The topological polar surface area (TPSA) is 21.3 Å².